The first-order chi connectivity index (χ1) is 13.2. The summed E-state index contributed by atoms with van der Waals surface area (Å²) >= 11 is 0. The SMILES string of the molecule is CC.CCn1c(C)nc2c(NC3CCc4nnc(C5CC5)n4C3)ncnc21. The zero-order valence-electron chi connectivity index (χ0n) is 16.6. The Balaban J connectivity index is 0.000000872. The number of aryl methyl sites for hydroxylation is 3. The Bertz CT molecular complexity index is 937. The summed E-state index contributed by atoms with van der Waals surface area (Å²) in [5.41, 5.74) is 1.76. The molecule has 0 spiro atoms. The number of rotatable bonds is 4. The third-order valence-electron chi connectivity index (χ3n) is 5.30. The van der Waals surface area contributed by atoms with E-state index in [1.807, 2.05) is 20.8 Å². The molecule has 5 rings (SSSR count). The molecular formula is C19H28N8. The van der Waals surface area contributed by atoms with Gasteiger partial charge in [-0.1, -0.05) is 13.8 Å². The number of fused-ring (bicyclic) bond motifs is 2. The van der Waals surface area contributed by atoms with Crippen LogP contribution in [0.5, 0.6) is 0 Å². The Morgan fingerprint density at radius 1 is 1.15 bits per heavy atom. The molecule has 1 aliphatic heterocycles. The van der Waals surface area contributed by atoms with Crippen LogP contribution in [0.15, 0.2) is 6.33 Å². The molecule has 0 saturated heterocycles. The second kappa shape index (κ2) is 7.25. The Morgan fingerprint density at radius 3 is 2.70 bits per heavy atom. The molecule has 3 aromatic rings. The zero-order chi connectivity index (χ0) is 19.0. The van der Waals surface area contributed by atoms with Crippen LogP contribution >= 0.6 is 0 Å². The number of hydrogen-bond acceptors (Lipinski definition) is 6. The zero-order valence-corrected chi connectivity index (χ0v) is 16.6. The third-order valence-corrected chi connectivity index (χ3v) is 5.30. The summed E-state index contributed by atoms with van der Waals surface area (Å²) in [6.07, 6.45) is 6.10. The van der Waals surface area contributed by atoms with Crippen molar-refractivity contribution in [2.75, 3.05) is 5.32 Å². The minimum absolute atomic E-state index is 0.311. The van der Waals surface area contributed by atoms with Crippen molar-refractivity contribution >= 4 is 17.0 Å². The standard InChI is InChI=1S/C17H22N8.C2H6/c1-3-24-10(2)20-14-15(18-9-19-17(14)24)21-12-6-7-13-22-23-16(11-4-5-11)25(13)8-12;1-2/h9,11-12H,3-8H2,1-2H3,(H,18,19,21);1-2H3. The molecule has 1 aliphatic carbocycles. The van der Waals surface area contributed by atoms with Gasteiger partial charge in [-0.2, -0.15) is 0 Å². The maximum atomic E-state index is 4.68. The van der Waals surface area contributed by atoms with Gasteiger partial charge >= 0.3 is 0 Å². The van der Waals surface area contributed by atoms with Crippen molar-refractivity contribution in [2.45, 2.75) is 78.4 Å². The summed E-state index contributed by atoms with van der Waals surface area (Å²) in [5, 5.41) is 12.4. The number of anilines is 1. The van der Waals surface area contributed by atoms with Crippen LogP contribution in [-0.2, 0) is 19.5 Å². The maximum absolute atomic E-state index is 4.68. The predicted octanol–water partition coefficient (Wildman–Crippen LogP) is 3.08. The third kappa shape index (κ3) is 3.17. The Labute approximate surface area is 159 Å². The van der Waals surface area contributed by atoms with Crippen LogP contribution in [0.2, 0.25) is 0 Å². The van der Waals surface area contributed by atoms with Crippen LogP contribution in [0.4, 0.5) is 5.82 Å². The van der Waals surface area contributed by atoms with Gasteiger partial charge in [-0.15, -0.1) is 10.2 Å². The summed E-state index contributed by atoms with van der Waals surface area (Å²) in [6.45, 7) is 9.88. The Kier molecular flexibility index (Phi) is 4.80. The highest BCUT2D eigenvalue weighted by atomic mass is 15.3. The summed E-state index contributed by atoms with van der Waals surface area (Å²) in [4.78, 5) is 13.6. The summed E-state index contributed by atoms with van der Waals surface area (Å²) in [7, 11) is 0. The largest absolute Gasteiger partial charge is 0.364 e. The topological polar surface area (TPSA) is 86.3 Å². The van der Waals surface area contributed by atoms with Crippen LogP contribution in [-0.4, -0.2) is 40.3 Å². The van der Waals surface area contributed by atoms with Gasteiger partial charge in [0.15, 0.2) is 17.0 Å². The Morgan fingerprint density at radius 2 is 1.96 bits per heavy atom. The molecule has 8 nitrogen and oxygen atoms in total. The molecule has 0 radical (unpaired) electrons. The van der Waals surface area contributed by atoms with Crippen LogP contribution in [0.25, 0.3) is 11.2 Å². The first kappa shape index (κ1) is 17.9. The van der Waals surface area contributed by atoms with Gasteiger partial charge in [-0.05, 0) is 33.1 Å². The van der Waals surface area contributed by atoms with Gasteiger partial charge in [0.1, 0.15) is 23.8 Å². The number of aromatic nitrogens is 7. The van der Waals surface area contributed by atoms with Crippen molar-refractivity contribution < 1.29 is 0 Å². The number of nitrogens with zero attached hydrogens (tertiary/aromatic N) is 7. The molecule has 144 valence electrons. The van der Waals surface area contributed by atoms with Gasteiger partial charge in [-0.25, -0.2) is 15.0 Å². The Hall–Kier alpha value is -2.51. The normalized spacial score (nSPS) is 18.7. The van der Waals surface area contributed by atoms with E-state index >= 15 is 0 Å². The van der Waals surface area contributed by atoms with Crippen LogP contribution in [0.3, 0.4) is 0 Å². The lowest BCUT2D eigenvalue weighted by molar-refractivity contribution is 0.465. The molecule has 1 fully saturated rings. The molecule has 0 bridgehead atoms. The van der Waals surface area contributed by atoms with E-state index in [2.05, 4.69) is 46.5 Å². The summed E-state index contributed by atoms with van der Waals surface area (Å²) in [5.74, 6) is 4.71. The van der Waals surface area contributed by atoms with E-state index in [-0.39, 0.29) is 0 Å². The molecule has 3 aromatic heterocycles. The minimum Gasteiger partial charge on any atom is -0.364 e. The van der Waals surface area contributed by atoms with E-state index in [0.717, 1.165) is 54.6 Å². The van der Waals surface area contributed by atoms with E-state index in [0.29, 0.717) is 12.0 Å². The molecule has 1 saturated carbocycles. The highest BCUT2D eigenvalue weighted by molar-refractivity contribution is 5.83. The first-order valence-corrected chi connectivity index (χ1v) is 10.1. The molecule has 0 amide bonds. The van der Waals surface area contributed by atoms with Crippen molar-refractivity contribution in [1.82, 2.24) is 34.3 Å². The van der Waals surface area contributed by atoms with E-state index in [1.54, 1.807) is 6.33 Å². The van der Waals surface area contributed by atoms with Gasteiger partial charge in [0.2, 0.25) is 0 Å². The van der Waals surface area contributed by atoms with Crippen LogP contribution in [0, 0.1) is 6.92 Å². The molecule has 27 heavy (non-hydrogen) atoms. The average Bonchev–Trinajstić information content (AvgIpc) is 3.36. The highest BCUT2D eigenvalue weighted by Crippen LogP contribution is 2.40. The fraction of sp³-hybridized carbons (Fsp3) is 0.632. The summed E-state index contributed by atoms with van der Waals surface area (Å²) in [6, 6.07) is 0.311. The van der Waals surface area contributed by atoms with Crippen LogP contribution < -0.4 is 5.32 Å². The van der Waals surface area contributed by atoms with E-state index < -0.39 is 0 Å². The number of imidazole rings is 1. The lowest BCUT2D eigenvalue weighted by Crippen LogP contribution is -2.32. The fourth-order valence-corrected chi connectivity index (χ4v) is 3.83. The van der Waals surface area contributed by atoms with E-state index in [1.165, 1.54) is 18.7 Å². The van der Waals surface area contributed by atoms with Gasteiger partial charge in [0, 0.05) is 31.5 Å². The quantitative estimate of drug-likeness (QED) is 0.761. The van der Waals surface area contributed by atoms with E-state index in [9.17, 15) is 0 Å². The molecule has 0 aromatic carbocycles. The van der Waals surface area contributed by atoms with Gasteiger partial charge < -0.3 is 14.5 Å². The van der Waals surface area contributed by atoms with Crippen molar-refractivity contribution in [3.8, 4) is 0 Å². The average molecular weight is 368 g/mol. The van der Waals surface area contributed by atoms with Gasteiger partial charge in [0.25, 0.3) is 0 Å². The predicted molar refractivity (Wildman–Crippen MR) is 105 cm³/mol. The maximum Gasteiger partial charge on any atom is 0.165 e. The van der Waals surface area contributed by atoms with Crippen molar-refractivity contribution in [3.63, 3.8) is 0 Å². The van der Waals surface area contributed by atoms with Crippen molar-refractivity contribution in [1.29, 1.82) is 0 Å². The smallest absolute Gasteiger partial charge is 0.165 e. The van der Waals surface area contributed by atoms with Crippen LogP contribution in [0.1, 0.15) is 63.4 Å². The molecule has 8 heteroatoms. The molecule has 1 unspecified atom stereocenters. The lowest BCUT2D eigenvalue weighted by atomic mass is 10.1. The fourth-order valence-electron chi connectivity index (χ4n) is 3.83. The molecule has 1 N–H and O–H groups in total. The minimum atomic E-state index is 0.311. The molecule has 4 heterocycles. The first-order valence-electron chi connectivity index (χ1n) is 10.1. The van der Waals surface area contributed by atoms with Crippen molar-refractivity contribution in [2.24, 2.45) is 0 Å². The second-order valence-corrected chi connectivity index (χ2v) is 7.04. The molecule has 1 atom stereocenters. The highest BCUT2D eigenvalue weighted by Gasteiger charge is 2.32. The van der Waals surface area contributed by atoms with Gasteiger partial charge in [-0.3, -0.25) is 0 Å². The monoisotopic (exact) mass is 368 g/mol. The number of nitrogens with one attached hydrogen (secondary N) is 1. The molecule has 2 aliphatic rings. The second-order valence-electron chi connectivity index (χ2n) is 7.04. The van der Waals surface area contributed by atoms with E-state index in [4.69, 9.17) is 0 Å². The van der Waals surface area contributed by atoms with Gasteiger partial charge in [0.05, 0.1) is 0 Å². The number of hydrogen-bond donors (Lipinski definition) is 1. The summed E-state index contributed by atoms with van der Waals surface area (Å²) < 4.78 is 4.43. The van der Waals surface area contributed by atoms with Crippen molar-refractivity contribution in [3.05, 3.63) is 23.8 Å². The molecular weight excluding hydrogens is 340 g/mol. The lowest BCUT2D eigenvalue weighted by Gasteiger charge is -2.25.